The first-order valence-corrected chi connectivity index (χ1v) is 10.8. The molecule has 0 aliphatic heterocycles. The Balaban J connectivity index is 1.51. The number of hydrogen-bond acceptors (Lipinski definition) is 6. The van der Waals surface area contributed by atoms with Gasteiger partial charge in [-0.2, -0.15) is 0 Å². The van der Waals surface area contributed by atoms with Crippen LogP contribution in [0, 0.1) is 27.9 Å². The van der Waals surface area contributed by atoms with Crippen LogP contribution < -0.4 is 5.32 Å². The van der Waals surface area contributed by atoms with Crippen molar-refractivity contribution < 1.29 is 19.2 Å². The van der Waals surface area contributed by atoms with E-state index in [2.05, 4.69) is 5.32 Å². The predicted octanol–water partition coefficient (Wildman–Crippen LogP) is 4.40. The molecule has 1 N–H and O–H groups in total. The highest BCUT2D eigenvalue weighted by Crippen LogP contribution is 2.49. The lowest BCUT2D eigenvalue weighted by Gasteiger charge is -2.20. The molecule has 3 atom stereocenters. The third kappa shape index (κ3) is 5.25. The number of nitro groups is 1. The van der Waals surface area contributed by atoms with Gasteiger partial charge in [0, 0.05) is 17.4 Å². The van der Waals surface area contributed by atoms with Crippen LogP contribution in [0.4, 0.5) is 11.4 Å². The molecule has 2 bridgehead atoms. The van der Waals surface area contributed by atoms with E-state index in [0.29, 0.717) is 18.3 Å². The van der Waals surface area contributed by atoms with Crippen molar-refractivity contribution in [3.05, 3.63) is 28.3 Å². The third-order valence-corrected chi connectivity index (χ3v) is 6.79. The van der Waals surface area contributed by atoms with Gasteiger partial charge in [-0.3, -0.25) is 19.7 Å². The zero-order valence-corrected chi connectivity index (χ0v) is 16.8. The molecule has 2 aliphatic rings. The Hall–Kier alpha value is -2.09. The lowest BCUT2D eigenvalue weighted by Crippen LogP contribution is -2.23. The van der Waals surface area contributed by atoms with E-state index in [-0.39, 0.29) is 17.3 Å². The van der Waals surface area contributed by atoms with E-state index in [1.807, 2.05) is 6.92 Å². The number of anilines is 1. The van der Waals surface area contributed by atoms with Gasteiger partial charge in [-0.05, 0) is 61.3 Å². The van der Waals surface area contributed by atoms with Gasteiger partial charge in [0.15, 0.2) is 6.61 Å². The molecular formula is C20H26N2O5S. The van der Waals surface area contributed by atoms with Crippen LogP contribution in [0.15, 0.2) is 23.1 Å². The van der Waals surface area contributed by atoms with E-state index in [0.717, 1.165) is 29.4 Å². The summed E-state index contributed by atoms with van der Waals surface area (Å²) in [7, 11) is 0. The monoisotopic (exact) mass is 406 g/mol. The average Bonchev–Trinajstić information content (AvgIpc) is 3.27. The summed E-state index contributed by atoms with van der Waals surface area (Å²) in [5.74, 6) is 1.70. The Morgan fingerprint density at radius 1 is 1.32 bits per heavy atom. The van der Waals surface area contributed by atoms with Gasteiger partial charge < -0.3 is 10.1 Å². The maximum absolute atomic E-state index is 12.2. The van der Waals surface area contributed by atoms with E-state index in [9.17, 15) is 19.7 Å². The summed E-state index contributed by atoms with van der Waals surface area (Å²) < 4.78 is 5.12. The Labute approximate surface area is 168 Å². The minimum Gasteiger partial charge on any atom is -0.456 e. The van der Waals surface area contributed by atoms with Gasteiger partial charge in [0.1, 0.15) is 5.69 Å². The summed E-state index contributed by atoms with van der Waals surface area (Å²) in [6.45, 7) is 1.62. The number of nitrogens with zero attached hydrogens (tertiary/aromatic N) is 1. The first-order chi connectivity index (χ1) is 13.5. The molecule has 3 unspecified atom stereocenters. The van der Waals surface area contributed by atoms with Crippen LogP contribution in [0.3, 0.4) is 0 Å². The lowest BCUT2D eigenvalue weighted by molar-refractivity contribution is -0.384. The summed E-state index contributed by atoms with van der Waals surface area (Å²) in [5.41, 5.74) is -0.0530. The van der Waals surface area contributed by atoms with Gasteiger partial charge >= 0.3 is 5.97 Å². The summed E-state index contributed by atoms with van der Waals surface area (Å²) in [6.07, 6.45) is 6.10. The van der Waals surface area contributed by atoms with Gasteiger partial charge in [-0.15, -0.1) is 11.8 Å². The second-order valence-corrected chi connectivity index (χ2v) is 8.80. The van der Waals surface area contributed by atoms with Crippen molar-refractivity contribution in [2.45, 2.75) is 50.3 Å². The normalized spacial score (nSPS) is 22.8. The number of carbonyl (C=O) groups is 2. The van der Waals surface area contributed by atoms with Crippen LogP contribution >= 0.6 is 11.8 Å². The molecular weight excluding hydrogens is 380 g/mol. The Morgan fingerprint density at radius 3 is 2.79 bits per heavy atom. The fourth-order valence-corrected chi connectivity index (χ4v) is 5.12. The zero-order valence-electron chi connectivity index (χ0n) is 16.0. The van der Waals surface area contributed by atoms with Crippen LogP contribution in [0.5, 0.6) is 0 Å². The number of fused-ring (bicyclic) bond motifs is 2. The number of esters is 1. The van der Waals surface area contributed by atoms with Crippen molar-refractivity contribution in [2.24, 2.45) is 17.8 Å². The molecule has 2 fully saturated rings. The van der Waals surface area contributed by atoms with Gasteiger partial charge in [0.05, 0.1) is 4.92 Å². The van der Waals surface area contributed by atoms with Crippen molar-refractivity contribution >= 4 is 35.0 Å². The Morgan fingerprint density at radius 2 is 2.14 bits per heavy atom. The Kier molecular flexibility index (Phi) is 6.93. The minimum absolute atomic E-state index is 0.125. The molecule has 1 aromatic carbocycles. The summed E-state index contributed by atoms with van der Waals surface area (Å²) in [5, 5.41) is 13.7. The molecule has 0 aromatic heterocycles. The van der Waals surface area contributed by atoms with E-state index < -0.39 is 17.4 Å². The largest absolute Gasteiger partial charge is 0.456 e. The molecule has 3 rings (SSSR count). The third-order valence-electron chi connectivity index (χ3n) is 5.59. The number of benzene rings is 1. The first kappa shape index (κ1) is 20.6. The number of rotatable bonds is 9. The van der Waals surface area contributed by atoms with Crippen LogP contribution in [0.1, 0.15) is 45.4 Å². The summed E-state index contributed by atoms with van der Waals surface area (Å²) in [4.78, 5) is 35.7. The topological polar surface area (TPSA) is 98.5 Å². The van der Waals surface area contributed by atoms with E-state index in [4.69, 9.17) is 4.74 Å². The lowest BCUT2D eigenvalue weighted by atomic mass is 9.86. The number of amides is 1. The molecule has 0 spiro atoms. The van der Waals surface area contributed by atoms with Crippen LogP contribution in [0.2, 0.25) is 0 Å². The highest BCUT2D eigenvalue weighted by molar-refractivity contribution is 7.99. The van der Waals surface area contributed by atoms with Crippen molar-refractivity contribution in [1.29, 1.82) is 0 Å². The molecule has 0 radical (unpaired) electrons. The highest BCUT2D eigenvalue weighted by Gasteiger charge is 2.40. The number of hydrogen-bond donors (Lipinski definition) is 1. The van der Waals surface area contributed by atoms with Crippen molar-refractivity contribution in [3.63, 3.8) is 0 Å². The molecule has 1 amide bonds. The SMILES string of the molecule is CCCSc1ccc([N+](=O)[O-])c(NC(=O)COC(=O)CC2CC3CCC2C3)c1. The van der Waals surface area contributed by atoms with Crippen molar-refractivity contribution in [3.8, 4) is 0 Å². The van der Waals surface area contributed by atoms with E-state index >= 15 is 0 Å². The van der Waals surface area contributed by atoms with Gasteiger partial charge in [0.25, 0.3) is 11.6 Å². The number of nitrogens with one attached hydrogen (secondary N) is 1. The fourth-order valence-electron chi connectivity index (χ4n) is 4.32. The second-order valence-electron chi connectivity index (χ2n) is 7.63. The van der Waals surface area contributed by atoms with Gasteiger partial charge in [-0.25, -0.2) is 0 Å². The maximum Gasteiger partial charge on any atom is 0.306 e. The molecule has 2 saturated carbocycles. The molecule has 7 nitrogen and oxygen atoms in total. The van der Waals surface area contributed by atoms with Crippen molar-refractivity contribution in [2.75, 3.05) is 17.7 Å². The zero-order chi connectivity index (χ0) is 20.1. The highest BCUT2D eigenvalue weighted by atomic mass is 32.2. The Bertz CT molecular complexity index is 754. The molecule has 1 aromatic rings. The summed E-state index contributed by atoms with van der Waals surface area (Å²) >= 11 is 1.56. The van der Waals surface area contributed by atoms with Crippen molar-refractivity contribution in [1.82, 2.24) is 0 Å². The first-order valence-electron chi connectivity index (χ1n) is 9.83. The van der Waals surface area contributed by atoms with E-state index in [1.54, 1.807) is 23.9 Å². The maximum atomic E-state index is 12.2. The van der Waals surface area contributed by atoms with Gasteiger partial charge in [0.2, 0.25) is 0 Å². The van der Waals surface area contributed by atoms with Gasteiger partial charge in [-0.1, -0.05) is 13.3 Å². The predicted molar refractivity (Wildman–Crippen MR) is 107 cm³/mol. The molecule has 0 saturated heterocycles. The smallest absolute Gasteiger partial charge is 0.306 e. The number of nitro benzene ring substituents is 1. The number of ether oxygens (including phenoxy) is 1. The average molecular weight is 407 g/mol. The van der Waals surface area contributed by atoms with Crippen LogP contribution in [-0.4, -0.2) is 29.2 Å². The fraction of sp³-hybridized carbons (Fsp3) is 0.600. The summed E-state index contributed by atoms with van der Waals surface area (Å²) in [6, 6.07) is 4.64. The molecule has 8 heteroatoms. The standard InChI is InChI=1S/C20H26N2O5S/c1-2-7-28-16-5-6-18(22(25)26)17(11-16)21-19(23)12-27-20(24)10-15-9-13-3-4-14(15)8-13/h5-6,11,13-15H,2-4,7-10,12H2,1H3,(H,21,23). The molecule has 0 heterocycles. The number of thioether (sulfide) groups is 1. The molecule has 2 aliphatic carbocycles. The molecule has 152 valence electrons. The quantitative estimate of drug-likeness (QED) is 0.282. The minimum atomic E-state index is -0.568. The molecule has 28 heavy (non-hydrogen) atoms. The van der Waals surface area contributed by atoms with E-state index in [1.165, 1.54) is 25.3 Å². The van der Waals surface area contributed by atoms with Crippen LogP contribution in [-0.2, 0) is 14.3 Å². The number of carbonyl (C=O) groups excluding carboxylic acids is 2. The van der Waals surface area contributed by atoms with Crippen LogP contribution in [0.25, 0.3) is 0 Å². The second kappa shape index (κ2) is 9.41.